The molecule has 0 saturated carbocycles. The number of rotatable bonds is 3. The van der Waals surface area contributed by atoms with Crippen LogP contribution >= 0.6 is 0 Å². The van der Waals surface area contributed by atoms with Crippen molar-refractivity contribution in [2.45, 2.75) is 32.4 Å². The van der Waals surface area contributed by atoms with E-state index in [0.717, 1.165) is 16.8 Å². The van der Waals surface area contributed by atoms with Gasteiger partial charge in [0.05, 0.1) is 11.6 Å². The molecule has 0 aliphatic heterocycles. The molecule has 17 heavy (non-hydrogen) atoms. The van der Waals surface area contributed by atoms with Crippen molar-refractivity contribution in [2.24, 2.45) is 0 Å². The molecule has 1 heterocycles. The second-order valence-electron chi connectivity index (χ2n) is 5.08. The molecule has 1 aromatic carbocycles. The summed E-state index contributed by atoms with van der Waals surface area (Å²) in [6.45, 7) is 5.70. The number of para-hydroxylation sites is 1. The number of aromatic nitrogens is 1. The third-order valence-electron chi connectivity index (χ3n) is 3.23. The molecule has 0 spiro atoms. The highest BCUT2D eigenvalue weighted by atomic mass is 16.3. The number of hydrogen-bond acceptors (Lipinski definition) is 2. The van der Waals surface area contributed by atoms with Crippen molar-refractivity contribution in [2.75, 3.05) is 7.05 Å². The number of aryl methyl sites for hydroxylation is 1. The minimum atomic E-state index is -0.801. The number of fused-ring (bicyclic) bond motifs is 1. The molecule has 3 heteroatoms. The maximum Gasteiger partial charge on any atom is 0.0786 e. The highest BCUT2D eigenvalue weighted by molar-refractivity contribution is 5.85. The molecule has 0 amide bonds. The summed E-state index contributed by atoms with van der Waals surface area (Å²) >= 11 is 0. The van der Waals surface area contributed by atoms with Crippen LogP contribution in [-0.4, -0.2) is 22.7 Å². The number of likely N-dealkylation sites (N-methyl/N-ethyl adjacent to an activating group) is 1. The first-order valence-electron chi connectivity index (χ1n) is 5.92. The average molecular weight is 232 g/mol. The highest BCUT2D eigenvalue weighted by Crippen LogP contribution is 2.33. The first kappa shape index (κ1) is 12.1. The first-order valence-corrected chi connectivity index (χ1v) is 5.92. The van der Waals surface area contributed by atoms with Gasteiger partial charge < -0.3 is 15.4 Å². The quantitative estimate of drug-likeness (QED) is 0.761. The lowest BCUT2D eigenvalue weighted by atomic mass is 9.90. The van der Waals surface area contributed by atoms with E-state index in [-0.39, 0.29) is 6.04 Å². The van der Waals surface area contributed by atoms with E-state index < -0.39 is 5.60 Å². The third-order valence-corrected chi connectivity index (χ3v) is 3.23. The Morgan fingerprint density at radius 1 is 1.29 bits per heavy atom. The van der Waals surface area contributed by atoms with Crippen LogP contribution in [0, 0.1) is 6.92 Å². The Hall–Kier alpha value is -1.32. The molecule has 1 atom stereocenters. The van der Waals surface area contributed by atoms with Gasteiger partial charge in [-0.15, -0.1) is 0 Å². The van der Waals surface area contributed by atoms with Crippen molar-refractivity contribution in [1.82, 2.24) is 10.3 Å². The van der Waals surface area contributed by atoms with Gasteiger partial charge in [-0.05, 0) is 33.9 Å². The zero-order valence-corrected chi connectivity index (χ0v) is 10.8. The lowest BCUT2D eigenvalue weighted by Gasteiger charge is -2.29. The van der Waals surface area contributed by atoms with E-state index in [4.69, 9.17) is 0 Å². The van der Waals surface area contributed by atoms with Gasteiger partial charge in [-0.3, -0.25) is 0 Å². The van der Waals surface area contributed by atoms with E-state index >= 15 is 0 Å². The zero-order valence-electron chi connectivity index (χ0n) is 10.8. The SMILES string of the molecule is CNC(c1c(C)[nH]c2ccccc12)C(C)(C)O. The predicted molar refractivity (Wildman–Crippen MR) is 71.1 cm³/mol. The standard InChI is InChI=1S/C14H20N2O/c1-9-12(13(15-4)14(2,3)17)10-7-5-6-8-11(10)16-9/h5-8,13,15-17H,1-4H3. The van der Waals surface area contributed by atoms with Crippen molar-refractivity contribution in [3.05, 3.63) is 35.5 Å². The topological polar surface area (TPSA) is 48.0 Å². The Morgan fingerprint density at radius 3 is 2.53 bits per heavy atom. The van der Waals surface area contributed by atoms with Crippen molar-refractivity contribution >= 4 is 10.9 Å². The van der Waals surface area contributed by atoms with Gasteiger partial charge in [0.2, 0.25) is 0 Å². The number of H-pyrrole nitrogens is 1. The van der Waals surface area contributed by atoms with E-state index in [1.54, 1.807) is 0 Å². The number of nitrogens with one attached hydrogen (secondary N) is 2. The van der Waals surface area contributed by atoms with Gasteiger partial charge in [-0.2, -0.15) is 0 Å². The van der Waals surface area contributed by atoms with Crippen molar-refractivity contribution in [1.29, 1.82) is 0 Å². The molecular formula is C14H20N2O. The largest absolute Gasteiger partial charge is 0.388 e. The zero-order chi connectivity index (χ0) is 12.6. The first-order chi connectivity index (χ1) is 7.95. The number of hydrogen-bond donors (Lipinski definition) is 3. The highest BCUT2D eigenvalue weighted by Gasteiger charge is 2.30. The van der Waals surface area contributed by atoms with Crippen LogP contribution in [0.2, 0.25) is 0 Å². The number of aliphatic hydroxyl groups is 1. The second-order valence-corrected chi connectivity index (χ2v) is 5.08. The molecule has 3 N–H and O–H groups in total. The Bertz CT molecular complexity index is 522. The fourth-order valence-electron chi connectivity index (χ4n) is 2.52. The molecule has 0 bridgehead atoms. The van der Waals surface area contributed by atoms with Gasteiger partial charge in [0, 0.05) is 22.2 Å². The Kier molecular flexibility index (Phi) is 2.98. The fourth-order valence-corrected chi connectivity index (χ4v) is 2.52. The normalized spacial score (nSPS) is 14.2. The average Bonchev–Trinajstić information content (AvgIpc) is 2.55. The lowest BCUT2D eigenvalue weighted by molar-refractivity contribution is 0.0403. The molecule has 0 aliphatic rings. The van der Waals surface area contributed by atoms with Gasteiger partial charge in [0.15, 0.2) is 0 Å². The smallest absolute Gasteiger partial charge is 0.0786 e. The molecule has 0 saturated heterocycles. The maximum absolute atomic E-state index is 10.3. The molecule has 2 aromatic rings. The Balaban J connectivity index is 2.65. The van der Waals surface area contributed by atoms with E-state index in [2.05, 4.69) is 22.4 Å². The van der Waals surface area contributed by atoms with E-state index in [0.29, 0.717) is 0 Å². The van der Waals surface area contributed by atoms with Crippen LogP contribution in [0.3, 0.4) is 0 Å². The second kappa shape index (κ2) is 4.17. The summed E-state index contributed by atoms with van der Waals surface area (Å²) in [6.07, 6.45) is 0. The maximum atomic E-state index is 10.3. The van der Waals surface area contributed by atoms with Crippen molar-refractivity contribution < 1.29 is 5.11 Å². The summed E-state index contributed by atoms with van der Waals surface area (Å²) in [7, 11) is 1.88. The molecular weight excluding hydrogens is 212 g/mol. The van der Waals surface area contributed by atoms with Gasteiger partial charge in [0.25, 0.3) is 0 Å². The van der Waals surface area contributed by atoms with Crippen LogP contribution in [0.25, 0.3) is 10.9 Å². The molecule has 2 rings (SSSR count). The van der Waals surface area contributed by atoms with Crippen LogP contribution < -0.4 is 5.32 Å². The van der Waals surface area contributed by atoms with Gasteiger partial charge in [-0.1, -0.05) is 18.2 Å². The fraction of sp³-hybridized carbons (Fsp3) is 0.429. The third kappa shape index (κ3) is 2.08. The minimum absolute atomic E-state index is 0.0846. The van der Waals surface area contributed by atoms with E-state index in [9.17, 15) is 5.11 Å². The van der Waals surface area contributed by atoms with Crippen LogP contribution in [0.1, 0.15) is 31.1 Å². The van der Waals surface area contributed by atoms with Crippen molar-refractivity contribution in [3.8, 4) is 0 Å². The molecule has 1 aromatic heterocycles. The molecule has 3 nitrogen and oxygen atoms in total. The summed E-state index contributed by atoms with van der Waals surface area (Å²) in [5.74, 6) is 0. The van der Waals surface area contributed by atoms with Gasteiger partial charge in [0.1, 0.15) is 0 Å². The summed E-state index contributed by atoms with van der Waals surface area (Å²) < 4.78 is 0. The number of benzene rings is 1. The Morgan fingerprint density at radius 2 is 1.94 bits per heavy atom. The van der Waals surface area contributed by atoms with Crippen LogP contribution in [0.5, 0.6) is 0 Å². The minimum Gasteiger partial charge on any atom is -0.388 e. The molecule has 92 valence electrons. The van der Waals surface area contributed by atoms with Crippen LogP contribution in [0.4, 0.5) is 0 Å². The van der Waals surface area contributed by atoms with E-state index in [1.807, 2.05) is 40.0 Å². The summed E-state index contributed by atoms with van der Waals surface area (Å²) in [5.41, 5.74) is 2.57. The lowest BCUT2D eigenvalue weighted by Crippen LogP contribution is -2.37. The van der Waals surface area contributed by atoms with Gasteiger partial charge in [-0.25, -0.2) is 0 Å². The monoisotopic (exact) mass is 232 g/mol. The molecule has 1 unspecified atom stereocenters. The molecule has 0 aliphatic carbocycles. The van der Waals surface area contributed by atoms with Gasteiger partial charge >= 0.3 is 0 Å². The van der Waals surface area contributed by atoms with Crippen LogP contribution in [-0.2, 0) is 0 Å². The predicted octanol–water partition coefficient (Wildman–Crippen LogP) is 2.51. The summed E-state index contributed by atoms with van der Waals surface area (Å²) in [4.78, 5) is 3.36. The van der Waals surface area contributed by atoms with Crippen molar-refractivity contribution in [3.63, 3.8) is 0 Å². The van der Waals surface area contributed by atoms with Crippen LogP contribution in [0.15, 0.2) is 24.3 Å². The number of aromatic amines is 1. The molecule has 0 fully saturated rings. The molecule has 0 radical (unpaired) electrons. The summed E-state index contributed by atoms with van der Waals surface area (Å²) in [5, 5.41) is 14.6. The van der Waals surface area contributed by atoms with E-state index in [1.165, 1.54) is 5.39 Å². The summed E-state index contributed by atoms with van der Waals surface area (Å²) in [6, 6.07) is 8.10. The Labute approximate surface area is 102 Å².